The van der Waals surface area contributed by atoms with E-state index in [1.54, 1.807) is 0 Å². The summed E-state index contributed by atoms with van der Waals surface area (Å²) in [6.07, 6.45) is -0.448. The first-order valence-corrected chi connectivity index (χ1v) is 10.4. The maximum Gasteiger partial charge on any atom is 0.407 e. The summed E-state index contributed by atoms with van der Waals surface area (Å²) in [5.41, 5.74) is 2.37. The Hall–Kier alpha value is -2.86. The molecule has 2 amide bonds. The van der Waals surface area contributed by atoms with Crippen LogP contribution in [0.15, 0.2) is 54.6 Å². The first-order chi connectivity index (χ1) is 14.3. The van der Waals surface area contributed by atoms with Gasteiger partial charge in [-0.15, -0.1) is 0 Å². The Morgan fingerprint density at radius 2 is 1.53 bits per heavy atom. The van der Waals surface area contributed by atoms with Crippen molar-refractivity contribution < 1.29 is 14.3 Å². The fourth-order valence-corrected chi connectivity index (χ4v) is 3.39. The van der Waals surface area contributed by atoms with Crippen LogP contribution in [0.1, 0.15) is 42.3 Å². The number of amides is 2. The van der Waals surface area contributed by atoms with Gasteiger partial charge in [0, 0.05) is 44.8 Å². The Balaban J connectivity index is 1.46. The van der Waals surface area contributed by atoms with Gasteiger partial charge in [0.15, 0.2) is 0 Å². The fraction of sp³-hybridized carbons (Fsp3) is 0.417. The van der Waals surface area contributed by atoms with Crippen molar-refractivity contribution in [3.05, 3.63) is 71.3 Å². The van der Waals surface area contributed by atoms with Gasteiger partial charge in [0.2, 0.25) is 0 Å². The molecule has 3 rings (SSSR count). The average Bonchev–Trinajstić information content (AvgIpc) is 2.72. The second-order valence-corrected chi connectivity index (χ2v) is 8.61. The lowest BCUT2D eigenvalue weighted by Crippen LogP contribution is -2.48. The first kappa shape index (κ1) is 21.8. The number of carbonyl (C=O) groups is 2. The fourth-order valence-electron chi connectivity index (χ4n) is 3.39. The van der Waals surface area contributed by atoms with Crippen molar-refractivity contribution in [2.24, 2.45) is 0 Å². The minimum atomic E-state index is -0.522. The number of nitrogens with zero attached hydrogens (tertiary/aromatic N) is 2. The first-order valence-electron chi connectivity index (χ1n) is 10.4. The second-order valence-electron chi connectivity index (χ2n) is 8.61. The van der Waals surface area contributed by atoms with Gasteiger partial charge in [-0.2, -0.15) is 0 Å². The average molecular weight is 410 g/mol. The lowest BCUT2D eigenvalue weighted by atomic mass is 10.1. The molecule has 1 aliphatic rings. The molecule has 0 radical (unpaired) electrons. The minimum Gasteiger partial charge on any atom is -0.444 e. The number of alkyl carbamates (subject to hydrolysis) is 1. The highest BCUT2D eigenvalue weighted by molar-refractivity contribution is 5.94. The summed E-state index contributed by atoms with van der Waals surface area (Å²) in [4.78, 5) is 28.9. The van der Waals surface area contributed by atoms with Crippen LogP contribution in [0.4, 0.5) is 4.79 Å². The molecule has 1 heterocycles. The Labute approximate surface area is 178 Å². The van der Waals surface area contributed by atoms with E-state index in [-0.39, 0.29) is 5.91 Å². The van der Waals surface area contributed by atoms with E-state index in [2.05, 4.69) is 34.5 Å². The van der Waals surface area contributed by atoms with Crippen LogP contribution in [0.3, 0.4) is 0 Å². The van der Waals surface area contributed by atoms with E-state index in [4.69, 9.17) is 4.74 Å². The predicted octanol–water partition coefficient (Wildman–Crippen LogP) is 3.67. The van der Waals surface area contributed by atoms with E-state index < -0.39 is 11.7 Å². The number of rotatable bonds is 5. The van der Waals surface area contributed by atoms with Gasteiger partial charge in [-0.3, -0.25) is 9.69 Å². The number of piperazine rings is 1. The highest BCUT2D eigenvalue weighted by Crippen LogP contribution is 2.13. The zero-order valence-corrected chi connectivity index (χ0v) is 18.1. The third-order valence-electron chi connectivity index (χ3n) is 4.95. The molecule has 0 saturated carbocycles. The van der Waals surface area contributed by atoms with Crippen LogP contribution < -0.4 is 5.32 Å². The predicted molar refractivity (Wildman–Crippen MR) is 117 cm³/mol. The Bertz CT molecular complexity index is 836. The van der Waals surface area contributed by atoms with Gasteiger partial charge in [-0.05, 0) is 44.0 Å². The number of nitrogens with one attached hydrogen (secondary N) is 1. The summed E-state index contributed by atoms with van der Waals surface area (Å²) in [6.45, 7) is 9.97. The molecule has 0 aliphatic carbocycles. The van der Waals surface area contributed by atoms with Crippen LogP contribution in [0.25, 0.3) is 0 Å². The van der Waals surface area contributed by atoms with E-state index in [0.717, 1.165) is 38.3 Å². The SMILES string of the molecule is CC(C)(C)OC(=O)NCc1ccc(C(=O)N2CCN(Cc3ccccc3)CC2)cc1. The summed E-state index contributed by atoms with van der Waals surface area (Å²) in [5.74, 6) is 0.0565. The number of hydrogen-bond acceptors (Lipinski definition) is 4. The normalized spacial score (nSPS) is 15.0. The third kappa shape index (κ3) is 6.59. The lowest BCUT2D eigenvalue weighted by Gasteiger charge is -2.34. The van der Waals surface area contributed by atoms with Gasteiger partial charge in [0.1, 0.15) is 5.60 Å². The van der Waals surface area contributed by atoms with Gasteiger partial charge in [0.05, 0.1) is 0 Å². The molecular weight excluding hydrogens is 378 g/mol. The zero-order valence-electron chi connectivity index (χ0n) is 18.1. The van der Waals surface area contributed by atoms with Crippen LogP contribution in [-0.4, -0.2) is 53.6 Å². The van der Waals surface area contributed by atoms with Gasteiger partial charge >= 0.3 is 6.09 Å². The van der Waals surface area contributed by atoms with Gasteiger partial charge in [0.25, 0.3) is 5.91 Å². The van der Waals surface area contributed by atoms with Crippen molar-refractivity contribution in [1.29, 1.82) is 0 Å². The zero-order chi connectivity index (χ0) is 21.6. The van der Waals surface area contributed by atoms with Crippen molar-refractivity contribution >= 4 is 12.0 Å². The summed E-state index contributed by atoms with van der Waals surface area (Å²) in [5, 5.41) is 2.73. The van der Waals surface area contributed by atoms with Crippen LogP contribution in [0, 0.1) is 0 Å². The molecule has 30 heavy (non-hydrogen) atoms. The van der Waals surface area contributed by atoms with Crippen molar-refractivity contribution in [2.45, 2.75) is 39.5 Å². The van der Waals surface area contributed by atoms with Crippen molar-refractivity contribution in [3.8, 4) is 0 Å². The van der Waals surface area contributed by atoms with Crippen LogP contribution in [-0.2, 0) is 17.8 Å². The van der Waals surface area contributed by atoms with E-state index in [1.807, 2.05) is 56.0 Å². The Morgan fingerprint density at radius 3 is 2.13 bits per heavy atom. The largest absolute Gasteiger partial charge is 0.444 e. The van der Waals surface area contributed by atoms with Crippen LogP contribution in [0.2, 0.25) is 0 Å². The van der Waals surface area contributed by atoms with Gasteiger partial charge in [-0.1, -0.05) is 42.5 Å². The van der Waals surface area contributed by atoms with E-state index in [0.29, 0.717) is 12.1 Å². The number of ether oxygens (including phenoxy) is 1. The van der Waals surface area contributed by atoms with E-state index >= 15 is 0 Å². The summed E-state index contributed by atoms with van der Waals surface area (Å²) in [7, 11) is 0. The second kappa shape index (κ2) is 9.76. The van der Waals surface area contributed by atoms with Gasteiger partial charge in [-0.25, -0.2) is 4.79 Å². The molecule has 0 atom stereocenters. The molecule has 6 heteroatoms. The van der Waals surface area contributed by atoms with E-state index in [9.17, 15) is 9.59 Å². The molecule has 160 valence electrons. The molecule has 1 aliphatic heterocycles. The summed E-state index contributed by atoms with van der Waals surface area (Å²) < 4.78 is 5.23. The van der Waals surface area contributed by atoms with Crippen LogP contribution in [0.5, 0.6) is 0 Å². The number of hydrogen-bond donors (Lipinski definition) is 1. The molecule has 0 unspecified atom stereocenters. The topological polar surface area (TPSA) is 61.9 Å². The molecule has 1 N–H and O–H groups in total. The molecule has 1 fully saturated rings. The van der Waals surface area contributed by atoms with Crippen LogP contribution >= 0.6 is 0 Å². The smallest absolute Gasteiger partial charge is 0.407 e. The van der Waals surface area contributed by atoms with E-state index in [1.165, 1.54) is 5.56 Å². The highest BCUT2D eigenvalue weighted by Gasteiger charge is 2.22. The minimum absolute atomic E-state index is 0.0565. The quantitative estimate of drug-likeness (QED) is 0.819. The Morgan fingerprint density at radius 1 is 0.900 bits per heavy atom. The molecule has 0 aromatic heterocycles. The summed E-state index contributed by atoms with van der Waals surface area (Å²) in [6, 6.07) is 17.8. The maximum absolute atomic E-state index is 12.8. The molecule has 6 nitrogen and oxygen atoms in total. The van der Waals surface area contributed by atoms with Crippen molar-refractivity contribution in [2.75, 3.05) is 26.2 Å². The molecule has 2 aromatic rings. The lowest BCUT2D eigenvalue weighted by molar-refractivity contribution is 0.0522. The van der Waals surface area contributed by atoms with Crippen molar-refractivity contribution in [1.82, 2.24) is 15.1 Å². The monoisotopic (exact) mass is 409 g/mol. The Kier molecular flexibility index (Phi) is 7.11. The number of carbonyl (C=O) groups excluding carboxylic acids is 2. The molecule has 1 saturated heterocycles. The summed E-state index contributed by atoms with van der Waals surface area (Å²) >= 11 is 0. The third-order valence-corrected chi connectivity index (χ3v) is 4.95. The van der Waals surface area contributed by atoms with Crippen molar-refractivity contribution in [3.63, 3.8) is 0 Å². The molecular formula is C24H31N3O3. The number of benzene rings is 2. The highest BCUT2D eigenvalue weighted by atomic mass is 16.6. The molecule has 0 spiro atoms. The standard InChI is InChI=1S/C24H31N3O3/c1-24(2,3)30-23(29)25-17-19-9-11-21(12-10-19)22(28)27-15-13-26(14-16-27)18-20-7-5-4-6-8-20/h4-12H,13-18H2,1-3H3,(H,25,29). The molecule has 0 bridgehead atoms. The maximum atomic E-state index is 12.8. The van der Waals surface area contributed by atoms with Gasteiger partial charge < -0.3 is 15.0 Å². The molecule has 2 aromatic carbocycles.